The molecule has 0 bridgehead atoms. The molecular formula is C20H29N7. The van der Waals surface area contributed by atoms with E-state index in [1.807, 2.05) is 30.5 Å². The third-order valence-electron chi connectivity index (χ3n) is 4.71. The summed E-state index contributed by atoms with van der Waals surface area (Å²) in [6, 6.07) is 8.05. The van der Waals surface area contributed by atoms with Gasteiger partial charge in [0.1, 0.15) is 5.82 Å². The Kier molecular flexibility index (Phi) is 5.95. The lowest BCUT2D eigenvalue weighted by Gasteiger charge is -2.32. The van der Waals surface area contributed by atoms with Gasteiger partial charge in [0, 0.05) is 63.3 Å². The minimum atomic E-state index is 0.618. The quantitative estimate of drug-likeness (QED) is 0.526. The first kappa shape index (κ1) is 19.2. The van der Waals surface area contributed by atoms with Crippen LogP contribution in [0.25, 0.3) is 16.5 Å². The van der Waals surface area contributed by atoms with Gasteiger partial charge < -0.3 is 21.0 Å². The molecule has 5 N–H and O–H groups in total. The third-order valence-corrected chi connectivity index (χ3v) is 4.71. The van der Waals surface area contributed by atoms with Crippen molar-refractivity contribution >= 4 is 22.3 Å². The molecule has 2 aromatic rings. The van der Waals surface area contributed by atoms with Crippen LogP contribution in [0, 0.1) is 0 Å². The monoisotopic (exact) mass is 367 g/mol. The number of hydrogen-bond acceptors (Lipinski definition) is 7. The van der Waals surface area contributed by atoms with Crippen molar-refractivity contribution in [3.8, 4) is 0 Å². The molecule has 0 spiro atoms. The first-order valence-corrected chi connectivity index (χ1v) is 9.11. The highest BCUT2D eigenvalue weighted by Gasteiger charge is 2.14. The molecule has 7 nitrogen and oxygen atoms in total. The van der Waals surface area contributed by atoms with Crippen molar-refractivity contribution < 1.29 is 0 Å². The normalized spacial score (nSPS) is 16.5. The van der Waals surface area contributed by atoms with E-state index in [0.29, 0.717) is 5.70 Å². The van der Waals surface area contributed by atoms with Crippen LogP contribution in [0.3, 0.4) is 0 Å². The van der Waals surface area contributed by atoms with Crippen LogP contribution < -0.4 is 16.9 Å². The first-order chi connectivity index (χ1) is 12.9. The second kappa shape index (κ2) is 8.39. The highest BCUT2D eigenvalue weighted by atomic mass is 15.4. The van der Waals surface area contributed by atoms with Gasteiger partial charge in [-0.1, -0.05) is 18.7 Å². The highest BCUT2D eigenvalue weighted by molar-refractivity contribution is 5.87. The molecule has 1 fully saturated rings. The fourth-order valence-corrected chi connectivity index (χ4v) is 3.18. The van der Waals surface area contributed by atoms with Crippen LogP contribution in [0.2, 0.25) is 0 Å². The molecule has 0 radical (unpaired) electrons. The van der Waals surface area contributed by atoms with Crippen LogP contribution >= 0.6 is 0 Å². The summed E-state index contributed by atoms with van der Waals surface area (Å²) in [6.07, 6.45) is 3.55. The number of piperazine rings is 1. The van der Waals surface area contributed by atoms with Gasteiger partial charge in [0.2, 0.25) is 0 Å². The van der Waals surface area contributed by atoms with Gasteiger partial charge in [-0.15, -0.1) is 0 Å². The molecule has 1 aromatic carbocycles. The lowest BCUT2D eigenvalue weighted by molar-refractivity contribution is 0.164. The minimum absolute atomic E-state index is 0.618. The van der Waals surface area contributed by atoms with Crippen LogP contribution in [-0.2, 0) is 0 Å². The van der Waals surface area contributed by atoms with Gasteiger partial charge in [-0.2, -0.15) is 0 Å². The summed E-state index contributed by atoms with van der Waals surface area (Å²) in [5.74, 6) is 6.44. The van der Waals surface area contributed by atoms with Crippen LogP contribution in [0.4, 0.5) is 5.82 Å². The number of hydrogen-bond donors (Lipinski definition) is 3. The van der Waals surface area contributed by atoms with Crippen LogP contribution in [-0.4, -0.2) is 66.6 Å². The van der Waals surface area contributed by atoms with E-state index in [9.17, 15) is 0 Å². The molecule has 1 aliphatic heterocycles. The summed E-state index contributed by atoms with van der Waals surface area (Å²) in [7, 11) is 3.90. The molecule has 27 heavy (non-hydrogen) atoms. The summed E-state index contributed by atoms with van der Waals surface area (Å²) < 4.78 is 0. The Labute approximate surface area is 160 Å². The molecule has 1 saturated heterocycles. The second-order valence-corrected chi connectivity index (χ2v) is 7.19. The Hall–Kier alpha value is -2.61. The molecule has 0 unspecified atom stereocenters. The van der Waals surface area contributed by atoms with Gasteiger partial charge >= 0.3 is 0 Å². The molecule has 0 saturated carbocycles. The fourth-order valence-electron chi connectivity index (χ4n) is 3.18. The van der Waals surface area contributed by atoms with Crippen LogP contribution in [0.5, 0.6) is 0 Å². The van der Waals surface area contributed by atoms with Gasteiger partial charge in [-0.05, 0) is 30.1 Å². The van der Waals surface area contributed by atoms with E-state index >= 15 is 0 Å². The Bertz CT molecular complexity index is 835. The average Bonchev–Trinajstić information content (AvgIpc) is 2.62. The Balaban J connectivity index is 1.70. The van der Waals surface area contributed by atoms with Crippen LogP contribution in [0.1, 0.15) is 5.56 Å². The molecule has 1 aliphatic rings. The zero-order chi connectivity index (χ0) is 19.4. The minimum Gasteiger partial charge on any atom is -0.397 e. The smallest absolute Gasteiger partial charge is 0.130 e. The van der Waals surface area contributed by atoms with E-state index in [1.54, 1.807) is 13.2 Å². The maximum atomic E-state index is 6.10. The fraction of sp³-hybridized carbons (Fsp3) is 0.350. The summed E-state index contributed by atoms with van der Waals surface area (Å²) in [5, 5.41) is 6.91. The first-order valence-electron chi connectivity index (χ1n) is 9.11. The predicted molar refractivity (Wildman–Crippen MR) is 113 cm³/mol. The molecule has 0 aliphatic carbocycles. The van der Waals surface area contributed by atoms with Gasteiger partial charge in [0.25, 0.3) is 0 Å². The number of aromatic nitrogens is 1. The number of pyridine rings is 1. The highest BCUT2D eigenvalue weighted by Crippen LogP contribution is 2.21. The molecule has 144 valence electrons. The number of nitrogens with one attached hydrogen (secondary N) is 1. The summed E-state index contributed by atoms with van der Waals surface area (Å²) in [4.78, 5) is 9.25. The van der Waals surface area contributed by atoms with Crippen molar-refractivity contribution in [2.75, 3.05) is 52.1 Å². The van der Waals surface area contributed by atoms with Gasteiger partial charge in [0.15, 0.2) is 0 Å². The third kappa shape index (κ3) is 5.19. The van der Waals surface area contributed by atoms with Crippen LogP contribution in [0.15, 0.2) is 48.9 Å². The van der Waals surface area contributed by atoms with Crippen molar-refractivity contribution in [1.82, 2.24) is 19.8 Å². The predicted octanol–water partition coefficient (Wildman–Crippen LogP) is 1.47. The topological polar surface area (TPSA) is 86.7 Å². The van der Waals surface area contributed by atoms with E-state index < -0.39 is 0 Å². The molecule has 2 heterocycles. The van der Waals surface area contributed by atoms with Crippen molar-refractivity contribution in [3.05, 3.63) is 54.5 Å². The summed E-state index contributed by atoms with van der Waals surface area (Å²) in [6.45, 7) is 9.31. The standard InChI is InChI=1S/C20H29N7/c1-15(13-27-8-6-25(2)7-9-27)24-20-11-18-10-16(19(21)14-26(3)22)4-5-17(18)12-23-20/h4-5,10-12,14H,1,6-9,13,21-22H2,2-3H3,(H,23,24)/b19-14-. The Morgan fingerprint density at radius 1 is 1.26 bits per heavy atom. The number of nitrogens with two attached hydrogens (primary N) is 2. The summed E-state index contributed by atoms with van der Waals surface area (Å²) >= 11 is 0. The largest absolute Gasteiger partial charge is 0.397 e. The molecular weight excluding hydrogens is 338 g/mol. The van der Waals surface area contributed by atoms with E-state index in [0.717, 1.165) is 60.6 Å². The van der Waals surface area contributed by atoms with Crippen molar-refractivity contribution in [2.45, 2.75) is 0 Å². The van der Waals surface area contributed by atoms with Crippen molar-refractivity contribution in [1.29, 1.82) is 0 Å². The maximum absolute atomic E-state index is 6.10. The number of hydrazine groups is 1. The number of anilines is 1. The average molecular weight is 368 g/mol. The number of nitrogens with zero attached hydrogens (tertiary/aromatic N) is 4. The van der Waals surface area contributed by atoms with E-state index in [1.165, 1.54) is 5.01 Å². The van der Waals surface area contributed by atoms with Crippen molar-refractivity contribution in [2.24, 2.45) is 11.6 Å². The second-order valence-electron chi connectivity index (χ2n) is 7.19. The number of fused-ring (bicyclic) bond motifs is 1. The maximum Gasteiger partial charge on any atom is 0.130 e. The van der Waals surface area contributed by atoms with Gasteiger partial charge in [-0.3, -0.25) is 4.90 Å². The zero-order valence-electron chi connectivity index (χ0n) is 16.2. The van der Waals surface area contributed by atoms with E-state index in [4.69, 9.17) is 11.6 Å². The Morgan fingerprint density at radius 2 is 2.00 bits per heavy atom. The van der Waals surface area contributed by atoms with Gasteiger partial charge in [-0.25, -0.2) is 10.8 Å². The van der Waals surface area contributed by atoms with E-state index in [2.05, 4.69) is 33.7 Å². The lowest BCUT2D eigenvalue weighted by Crippen LogP contribution is -2.45. The molecule has 3 rings (SSSR count). The SMILES string of the molecule is C=C(CN1CCN(C)CC1)Nc1cc2cc(/C(N)=C/N(C)N)ccc2cn1. The molecule has 1 aromatic heterocycles. The summed E-state index contributed by atoms with van der Waals surface area (Å²) in [5.41, 5.74) is 8.60. The van der Waals surface area contributed by atoms with Gasteiger partial charge in [0.05, 0.1) is 5.70 Å². The zero-order valence-corrected chi connectivity index (χ0v) is 16.2. The number of likely N-dealkylation sites (N-methyl/N-ethyl adjacent to an activating group) is 1. The lowest BCUT2D eigenvalue weighted by atomic mass is 10.1. The van der Waals surface area contributed by atoms with Crippen molar-refractivity contribution in [3.63, 3.8) is 0 Å². The molecule has 0 amide bonds. The Morgan fingerprint density at radius 3 is 2.70 bits per heavy atom. The van der Waals surface area contributed by atoms with E-state index in [-0.39, 0.29) is 0 Å². The molecule has 7 heteroatoms. The molecule has 0 atom stereocenters. The number of benzene rings is 1. The number of rotatable bonds is 6.